The van der Waals surface area contributed by atoms with Gasteiger partial charge in [-0.3, -0.25) is 16.0 Å². The van der Waals surface area contributed by atoms with Crippen molar-refractivity contribution in [1.82, 2.24) is 0 Å². The summed E-state index contributed by atoms with van der Waals surface area (Å²) in [4.78, 5) is 9.98. The lowest BCUT2D eigenvalue weighted by Crippen LogP contribution is -2.07. The van der Waals surface area contributed by atoms with Crippen LogP contribution in [0.1, 0.15) is 0 Å². The average molecular weight is 220 g/mol. The molecular weight excluding hydrogens is 210 g/mol. The summed E-state index contributed by atoms with van der Waals surface area (Å²) < 4.78 is 4.80. The number of nitro groups is 1. The Hall–Kier alpha value is -1.53. The number of nitrogen functional groups attached to an aromatic ring is 1. The number of nitro benzene ring substituents is 1. The number of nitrogens with two attached hydrogens (primary N) is 1. The molecule has 0 heterocycles. The van der Waals surface area contributed by atoms with Crippen LogP contribution in [0.3, 0.4) is 0 Å². The Kier molecular flexibility index (Phi) is 4.68. The topological polar surface area (TPSA) is 90.4 Å². The minimum atomic E-state index is -0.528. The molecule has 0 aromatic heterocycles. The van der Waals surface area contributed by atoms with Crippen molar-refractivity contribution in [3.63, 3.8) is 0 Å². The van der Waals surface area contributed by atoms with E-state index in [1.165, 1.54) is 19.2 Å². The highest BCUT2D eigenvalue weighted by molar-refractivity contribution is 5.85. The third kappa shape index (κ3) is 2.48. The zero-order chi connectivity index (χ0) is 9.84. The lowest BCUT2D eigenvalue weighted by Gasteiger charge is -2.03. The first-order valence-corrected chi connectivity index (χ1v) is 3.48. The van der Waals surface area contributed by atoms with E-state index in [4.69, 9.17) is 10.6 Å². The predicted octanol–water partition coefficient (Wildman–Crippen LogP) is 1.31. The number of hydrogen-bond acceptors (Lipinski definition) is 5. The molecule has 0 bridgehead atoms. The Morgan fingerprint density at radius 1 is 1.57 bits per heavy atom. The normalized spacial score (nSPS) is 8.71. The molecule has 0 aliphatic carbocycles. The fourth-order valence-electron chi connectivity index (χ4n) is 0.922. The Bertz CT molecular complexity index is 332. The molecule has 1 aromatic rings. The van der Waals surface area contributed by atoms with Crippen molar-refractivity contribution in [2.45, 2.75) is 0 Å². The quantitative estimate of drug-likeness (QED) is 0.454. The number of anilines is 1. The zero-order valence-corrected chi connectivity index (χ0v) is 8.21. The van der Waals surface area contributed by atoms with Crippen LogP contribution >= 0.6 is 12.4 Å². The highest BCUT2D eigenvalue weighted by Crippen LogP contribution is 2.28. The maximum absolute atomic E-state index is 10.5. The maximum atomic E-state index is 10.5. The molecule has 78 valence electrons. The zero-order valence-electron chi connectivity index (χ0n) is 7.39. The number of halogens is 1. The summed E-state index contributed by atoms with van der Waals surface area (Å²) in [5.74, 6) is 5.31. The van der Waals surface area contributed by atoms with E-state index >= 15 is 0 Å². The van der Waals surface area contributed by atoms with Crippen molar-refractivity contribution in [2.24, 2.45) is 5.84 Å². The molecule has 14 heavy (non-hydrogen) atoms. The van der Waals surface area contributed by atoms with E-state index in [0.29, 0.717) is 5.69 Å². The van der Waals surface area contributed by atoms with Gasteiger partial charge in [0.15, 0.2) is 5.75 Å². The molecule has 1 aromatic carbocycles. The molecule has 0 aliphatic heterocycles. The van der Waals surface area contributed by atoms with Crippen LogP contribution in [0.4, 0.5) is 11.4 Å². The van der Waals surface area contributed by atoms with Crippen LogP contribution in [-0.4, -0.2) is 12.0 Å². The van der Waals surface area contributed by atoms with Crippen LogP contribution in [0.5, 0.6) is 5.75 Å². The molecule has 0 aliphatic rings. The SMILES string of the molecule is COc1ccc(NN)cc1[N+](=O)[O-].Cl. The minimum Gasteiger partial charge on any atom is -0.490 e. The lowest BCUT2D eigenvalue weighted by atomic mass is 10.2. The molecule has 0 saturated carbocycles. The molecule has 0 radical (unpaired) electrons. The first-order valence-electron chi connectivity index (χ1n) is 3.48. The van der Waals surface area contributed by atoms with Crippen molar-refractivity contribution in [3.8, 4) is 5.75 Å². The summed E-state index contributed by atoms with van der Waals surface area (Å²) in [7, 11) is 1.37. The van der Waals surface area contributed by atoms with Gasteiger partial charge in [-0.1, -0.05) is 0 Å². The fourth-order valence-corrected chi connectivity index (χ4v) is 0.922. The van der Waals surface area contributed by atoms with Gasteiger partial charge < -0.3 is 10.2 Å². The Labute approximate surface area is 86.6 Å². The van der Waals surface area contributed by atoms with Gasteiger partial charge in [0.25, 0.3) is 0 Å². The van der Waals surface area contributed by atoms with Crippen LogP contribution in [-0.2, 0) is 0 Å². The first-order chi connectivity index (χ1) is 6.19. The monoisotopic (exact) mass is 219 g/mol. The van der Waals surface area contributed by atoms with Crippen molar-refractivity contribution in [2.75, 3.05) is 12.5 Å². The minimum absolute atomic E-state index is 0. The number of ether oxygens (including phenoxy) is 1. The van der Waals surface area contributed by atoms with Gasteiger partial charge in [0.1, 0.15) is 0 Å². The molecule has 1 rings (SSSR count). The van der Waals surface area contributed by atoms with Gasteiger partial charge in [0, 0.05) is 6.07 Å². The summed E-state index contributed by atoms with van der Waals surface area (Å²) >= 11 is 0. The Morgan fingerprint density at radius 2 is 2.21 bits per heavy atom. The number of hydrazine groups is 1. The highest BCUT2D eigenvalue weighted by atomic mass is 35.5. The molecule has 3 N–H and O–H groups in total. The van der Waals surface area contributed by atoms with Gasteiger partial charge in [-0.25, -0.2) is 0 Å². The third-order valence-corrected chi connectivity index (χ3v) is 1.54. The standard InChI is InChI=1S/C7H9N3O3.ClH/c1-13-7-3-2-5(9-8)4-6(7)10(11)12;/h2-4,9H,8H2,1H3;1H. The van der Waals surface area contributed by atoms with Gasteiger partial charge in [-0.15, -0.1) is 12.4 Å². The summed E-state index contributed by atoms with van der Waals surface area (Å²) in [6, 6.07) is 4.37. The molecular formula is C7H10ClN3O3. The molecule has 0 fully saturated rings. The molecule has 0 spiro atoms. The molecule has 0 amide bonds. The van der Waals surface area contributed by atoms with E-state index in [1.54, 1.807) is 6.07 Å². The van der Waals surface area contributed by atoms with Crippen molar-refractivity contribution >= 4 is 23.8 Å². The first kappa shape index (κ1) is 12.5. The van der Waals surface area contributed by atoms with E-state index in [0.717, 1.165) is 0 Å². The number of benzene rings is 1. The van der Waals surface area contributed by atoms with Gasteiger partial charge in [0.05, 0.1) is 17.7 Å². The molecule has 0 saturated heterocycles. The second kappa shape index (κ2) is 5.25. The number of methoxy groups -OCH3 is 1. The van der Waals surface area contributed by atoms with Crippen LogP contribution in [0, 0.1) is 10.1 Å². The van der Waals surface area contributed by atoms with Crippen molar-refractivity contribution < 1.29 is 9.66 Å². The average Bonchev–Trinajstić information content (AvgIpc) is 2.16. The lowest BCUT2D eigenvalue weighted by molar-refractivity contribution is -0.385. The Morgan fingerprint density at radius 3 is 2.64 bits per heavy atom. The number of nitrogens with zero attached hydrogens (tertiary/aromatic N) is 1. The van der Waals surface area contributed by atoms with E-state index in [-0.39, 0.29) is 23.8 Å². The van der Waals surface area contributed by atoms with E-state index in [9.17, 15) is 10.1 Å². The van der Waals surface area contributed by atoms with Crippen LogP contribution in [0.2, 0.25) is 0 Å². The van der Waals surface area contributed by atoms with Crippen LogP contribution in [0.25, 0.3) is 0 Å². The molecule has 7 heteroatoms. The summed E-state index contributed by atoms with van der Waals surface area (Å²) in [5, 5.41) is 10.5. The fraction of sp³-hybridized carbons (Fsp3) is 0.143. The van der Waals surface area contributed by atoms with Crippen molar-refractivity contribution in [1.29, 1.82) is 0 Å². The van der Waals surface area contributed by atoms with Gasteiger partial charge >= 0.3 is 5.69 Å². The number of hydrogen-bond donors (Lipinski definition) is 2. The number of nitrogens with one attached hydrogen (secondary N) is 1. The second-order valence-corrected chi connectivity index (χ2v) is 2.29. The molecule has 0 unspecified atom stereocenters. The van der Waals surface area contributed by atoms with Crippen molar-refractivity contribution in [3.05, 3.63) is 28.3 Å². The molecule has 6 nitrogen and oxygen atoms in total. The van der Waals surface area contributed by atoms with Gasteiger partial charge in [-0.05, 0) is 12.1 Å². The summed E-state index contributed by atoms with van der Waals surface area (Å²) in [5.41, 5.74) is 2.67. The predicted molar refractivity (Wildman–Crippen MR) is 54.7 cm³/mol. The Balaban J connectivity index is 0.00000169. The summed E-state index contributed by atoms with van der Waals surface area (Å²) in [6.45, 7) is 0. The van der Waals surface area contributed by atoms with E-state index in [1.807, 2.05) is 0 Å². The molecule has 0 atom stereocenters. The number of rotatable bonds is 3. The van der Waals surface area contributed by atoms with Crippen LogP contribution in [0.15, 0.2) is 18.2 Å². The highest BCUT2D eigenvalue weighted by Gasteiger charge is 2.14. The maximum Gasteiger partial charge on any atom is 0.313 e. The van der Waals surface area contributed by atoms with Gasteiger partial charge in [0.2, 0.25) is 0 Å². The smallest absolute Gasteiger partial charge is 0.313 e. The third-order valence-electron chi connectivity index (χ3n) is 1.54. The van der Waals surface area contributed by atoms with E-state index < -0.39 is 4.92 Å². The summed E-state index contributed by atoms with van der Waals surface area (Å²) in [6.07, 6.45) is 0. The second-order valence-electron chi connectivity index (χ2n) is 2.29. The van der Waals surface area contributed by atoms with Gasteiger partial charge in [-0.2, -0.15) is 0 Å². The van der Waals surface area contributed by atoms with Crippen LogP contribution < -0.4 is 16.0 Å². The largest absolute Gasteiger partial charge is 0.490 e. The van der Waals surface area contributed by atoms with E-state index in [2.05, 4.69) is 5.43 Å².